The summed E-state index contributed by atoms with van der Waals surface area (Å²) in [5.41, 5.74) is 5.38. The number of nitrogens with zero attached hydrogens (tertiary/aromatic N) is 13. The smallest absolute Gasteiger partial charge is 0.0257 e. The molecule has 754 valence electrons. The molecule has 9 aliphatic heterocycles. The van der Waals surface area contributed by atoms with Gasteiger partial charge in [0.1, 0.15) is 0 Å². The molecule has 0 bridgehead atoms. The number of hydrogen-bond donors (Lipinski definition) is 0. The first-order chi connectivity index (χ1) is 56.5. The van der Waals surface area contributed by atoms with Crippen molar-refractivity contribution in [1.29, 1.82) is 0 Å². The van der Waals surface area contributed by atoms with Crippen molar-refractivity contribution < 1.29 is 0 Å². The Labute approximate surface area is 795 Å². The number of piperazine rings is 2. The standard InChI is InChI=1S/2C14H30N2.2C13H27N.C13H25N.2C12H26N2.2C11H23N/c2*1-12-8-9-15(13(2,3)4)10-11-16(12)14(5,6)7;1-10(2)12-7-8-14(9-11(12)3)13(4,5)6;2*1-10(2)12-7-8-14(11(3)9-12)13(4,5)6;1-10(2)14-8-7-13(9-11(14)3)12(4,5)6;1-10(2)13-7-8-14(11(3)9-13)12(4,5)6;1-8(2)12-7-10(9(12)3)11(4,5)6;1-8(2)10-7-12(9(10)3)11(4,5)6/h2*12H,8-11H2,1-7H3;2*10-12H,7-9H2,1-6H3;9-11H,7-8H2,1-6H3;2*10-11H,7-9H2,1-6H3;2*8-10H,7H2,1-6H3. The van der Waals surface area contributed by atoms with Crippen LogP contribution in [0.25, 0.3) is 0 Å². The maximum Gasteiger partial charge on any atom is 0.0257 e. The second-order valence-corrected chi connectivity index (χ2v) is 55.2. The average molecular weight is 1780 g/mol. The molecule has 0 saturated carbocycles. The van der Waals surface area contributed by atoms with Crippen LogP contribution in [0.2, 0.25) is 0 Å². The molecule has 0 aromatic carbocycles. The van der Waals surface area contributed by atoms with Crippen LogP contribution in [-0.2, 0) is 0 Å². The van der Waals surface area contributed by atoms with Gasteiger partial charge >= 0.3 is 0 Å². The third-order valence-corrected chi connectivity index (χ3v) is 31.3. The van der Waals surface area contributed by atoms with Crippen LogP contribution in [0.5, 0.6) is 0 Å². The van der Waals surface area contributed by atoms with Gasteiger partial charge in [0.25, 0.3) is 0 Å². The molecule has 0 amide bonds. The molecule has 13 atom stereocenters. The lowest BCUT2D eigenvalue weighted by Crippen LogP contribution is -2.63. The van der Waals surface area contributed by atoms with E-state index in [1.165, 1.54) is 156 Å². The largest absolute Gasteiger partial charge is 0.298 e. The van der Waals surface area contributed by atoms with E-state index in [1.54, 1.807) is 5.57 Å². The van der Waals surface area contributed by atoms with Crippen molar-refractivity contribution in [2.75, 3.05) is 118 Å². The summed E-state index contributed by atoms with van der Waals surface area (Å²) in [6.07, 6.45) is 10.4. The molecule has 0 aromatic rings. The minimum absolute atomic E-state index is 0.299. The fourth-order valence-corrected chi connectivity index (χ4v) is 22.8. The Morgan fingerprint density at radius 1 is 0.270 bits per heavy atom. The van der Waals surface area contributed by atoms with Gasteiger partial charge in [0.2, 0.25) is 0 Å². The third kappa shape index (κ3) is 41.7. The summed E-state index contributed by atoms with van der Waals surface area (Å²) in [6, 6.07) is 7.81. The Kier molecular flexibility index (Phi) is 49.9. The van der Waals surface area contributed by atoms with E-state index in [-0.39, 0.29) is 0 Å². The van der Waals surface area contributed by atoms with E-state index in [0.717, 1.165) is 77.4 Å². The van der Waals surface area contributed by atoms with Crippen molar-refractivity contribution in [1.82, 2.24) is 63.7 Å². The van der Waals surface area contributed by atoms with Crippen LogP contribution in [0.15, 0.2) is 11.6 Å². The molecule has 0 N–H and O–H groups in total. The summed E-state index contributed by atoms with van der Waals surface area (Å²) < 4.78 is 0. The van der Waals surface area contributed by atoms with Crippen LogP contribution >= 0.6 is 0 Å². The van der Waals surface area contributed by atoms with E-state index < -0.39 is 0 Å². The predicted octanol–water partition coefficient (Wildman–Crippen LogP) is 26.3. The van der Waals surface area contributed by atoms with Gasteiger partial charge in [-0.3, -0.25) is 63.7 Å². The zero-order chi connectivity index (χ0) is 98.8. The van der Waals surface area contributed by atoms with Crippen LogP contribution in [-0.4, -0.2) is 303 Å². The van der Waals surface area contributed by atoms with Gasteiger partial charge in [-0.2, -0.15) is 0 Å². The first kappa shape index (κ1) is 123. The Morgan fingerprint density at radius 3 is 0.944 bits per heavy atom. The van der Waals surface area contributed by atoms with E-state index >= 15 is 0 Å². The molecule has 9 rings (SSSR count). The van der Waals surface area contributed by atoms with Gasteiger partial charge in [-0.15, -0.1) is 0 Å². The average Bonchev–Trinajstić information content (AvgIpc) is 1.00. The van der Waals surface area contributed by atoms with Gasteiger partial charge in [-0.05, 0) is 415 Å². The molecular formula is C113H237N13. The van der Waals surface area contributed by atoms with Crippen molar-refractivity contribution in [2.45, 2.75) is 548 Å². The highest BCUT2D eigenvalue weighted by Crippen LogP contribution is 2.42. The van der Waals surface area contributed by atoms with E-state index in [4.69, 9.17) is 0 Å². The zero-order valence-electron chi connectivity index (χ0n) is 96.9. The van der Waals surface area contributed by atoms with Gasteiger partial charge in [0.05, 0.1) is 0 Å². The number of rotatable bonds is 7. The highest BCUT2D eigenvalue weighted by Gasteiger charge is 2.46. The molecule has 0 radical (unpaired) electrons. The monoisotopic (exact) mass is 1780 g/mol. The summed E-state index contributed by atoms with van der Waals surface area (Å²) in [7, 11) is 0. The SMILES string of the molecule is CC(C)C1=CC(C)N(C(C)(C)C)CC1.CC(C)C1CCN(C(C)(C)C)C(C)C1.CC(C)C1CCN(C(C)(C)C)CC1C.CC(C)C1CN(C(C)(C)C)C1C.CC(C)N1CC(C(C)(C)C)C1C.CC(C)N1CCN(C(C)(C)C)C(C)C1.CC(C)N1CCN(C(C)(C)C)CC1C.CC1CCN(C(C)(C)C)CCN1C(C)(C)C.CC1CCN(C(C)(C)C)CCN1C(C)(C)C. The number of hydrogen-bond acceptors (Lipinski definition) is 13. The van der Waals surface area contributed by atoms with E-state index in [9.17, 15) is 0 Å². The lowest BCUT2D eigenvalue weighted by atomic mass is 9.70. The Hall–Kier alpha value is -0.780. The van der Waals surface area contributed by atoms with E-state index in [1.807, 2.05) is 0 Å². The Morgan fingerprint density at radius 2 is 0.643 bits per heavy atom. The molecule has 126 heavy (non-hydrogen) atoms. The highest BCUT2D eigenvalue weighted by molar-refractivity contribution is 5.14. The van der Waals surface area contributed by atoms with Gasteiger partial charge in [-0.25, -0.2) is 0 Å². The van der Waals surface area contributed by atoms with Crippen molar-refractivity contribution in [3.8, 4) is 0 Å². The first-order valence-electron chi connectivity index (χ1n) is 53.1. The summed E-state index contributed by atoms with van der Waals surface area (Å²) in [5, 5.41) is 0. The van der Waals surface area contributed by atoms with Crippen LogP contribution in [0.1, 0.15) is 426 Å². The summed E-state index contributed by atoms with van der Waals surface area (Å²) in [6.45, 7) is 153. The molecule has 0 spiro atoms. The van der Waals surface area contributed by atoms with Gasteiger partial charge in [0, 0.05) is 227 Å². The van der Waals surface area contributed by atoms with Gasteiger partial charge in [0.15, 0.2) is 0 Å². The third-order valence-electron chi connectivity index (χ3n) is 31.3. The fraction of sp³-hybridized carbons (Fsp3) is 0.982. The molecule has 0 aliphatic carbocycles. The van der Waals surface area contributed by atoms with Crippen molar-refractivity contribution in [2.24, 2.45) is 58.7 Å². The maximum absolute atomic E-state index is 2.66. The molecule has 13 heteroatoms. The quantitative estimate of drug-likeness (QED) is 0.228. The topological polar surface area (TPSA) is 42.1 Å². The Balaban J connectivity index is 0.000000710. The molecule has 13 unspecified atom stereocenters. The molecule has 9 heterocycles. The molecule has 8 fully saturated rings. The van der Waals surface area contributed by atoms with E-state index in [0.29, 0.717) is 103 Å². The lowest BCUT2D eigenvalue weighted by molar-refractivity contribution is -0.0630. The summed E-state index contributed by atoms with van der Waals surface area (Å²) >= 11 is 0. The summed E-state index contributed by atoms with van der Waals surface area (Å²) in [5.74, 6) is 7.84. The van der Waals surface area contributed by atoms with Crippen LogP contribution in [0.4, 0.5) is 0 Å². The second-order valence-electron chi connectivity index (χ2n) is 55.2. The predicted molar refractivity (Wildman–Crippen MR) is 568 cm³/mol. The lowest BCUT2D eigenvalue weighted by Gasteiger charge is -2.55. The summed E-state index contributed by atoms with van der Waals surface area (Å²) in [4.78, 5) is 34.0. The molecule has 8 saturated heterocycles. The van der Waals surface area contributed by atoms with Crippen molar-refractivity contribution >= 4 is 0 Å². The first-order valence-corrected chi connectivity index (χ1v) is 53.1. The van der Waals surface area contributed by atoms with Crippen LogP contribution in [0.3, 0.4) is 0 Å². The van der Waals surface area contributed by atoms with Gasteiger partial charge < -0.3 is 0 Å². The minimum atomic E-state index is 0.299. The minimum Gasteiger partial charge on any atom is -0.298 e. The molecule has 9 aliphatic rings. The van der Waals surface area contributed by atoms with Gasteiger partial charge in [-0.1, -0.05) is 94.7 Å². The molecular weight excluding hydrogens is 1540 g/mol. The number of piperidine rings is 2. The second kappa shape index (κ2) is 51.0. The molecule has 0 aromatic heterocycles. The fourth-order valence-electron chi connectivity index (χ4n) is 22.8. The van der Waals surface area contributed by atoms with E-state index in [2.05, 4.69) is 458 Å². The number of likely N-dealkylation sites (tertiary alicyclic amines) is 4. The zero-order valence-corrected chi connectivity index (χ0v) is 96.9. The Bertz CT molecular complexity index is 2770. The highest BCUT2D eigenvalue weighted by atomic mass is 15.3. The molecule has 13 nitrogen and oxygen atoms in total. The van der Waals surface area contributed by atoms with Crippen LogP contribution < -0.4 is 0 Å². The normalized spacial score (nSPS) is 28.7. The van der Waals surface area contributed by atoms with Crippen LogP contribution in [0, 0.1) is 58.7 Å². The van der Waals surface area contributed by atoms with Crippen molar-refractivity contribution in [3.63, 3.8) is 0 Å². The van der Waals surface area contributed by atoms with Crippen molar-refractivity contribution in [3.05, 3.63) is 11.6 Å². The maximum atomic E-state index is 2.66.